The van der Waals surface area contributed by atoms with Crippen molar-refractivity contribution < 1.29 is 9.59 Å². The molecule has 2 aromatic rings. The molecule has 1 saturated heterocycles. The van der Waals surface area contributed by atoms with E-state index >= 15 is 0 Å². The molecule has 1 fully saturated rings. The first-order valence-corrected chi connectivity index (χ1v) is 10.7. The van der Waals surface area contributed by atoms with Crippen molar-refractivity contribution in [3.63, 3.8) is 0 Å². The van der Waals surface area contributed by atoms with Crippen LogP contribution in [0.25, 0.3) is 0 Å². The molecular formula is C22H24Cl3N3O2. The van der Waals surface area contributed by atoms with Gasteiger partial charge in [-0.3, -0.25) is 19.4 Å². The third kappa shape index (κ3) is 4.75. The number of amides is 2. The molecule has 8 heteroatoms. The number of rotatable bonds is 6. The highest BCUT2D eigenvalue weighted by Gasteiger charge is 2.34. The maximum Gasteiger partial charge on any atom is 0.261 e. The van der Waals surface area contributed by atoms with Crippen molar-refractivity contribution in [2.75, 3.05) is 44.2 Å². The first-order valence-electron chi connectivity index (χ1n) is 9.92. The molecule has 0 aromatic heterocycles. The molecular weight excluding hydrogens is 445 g/mol. The zero-order valence-electron chi connectivity index (χ0n) is 16.5. The molecule has 2 heterocycles. The van der Waals surface area contributed by atoms with Crippen LogP contribution in [0, 0.1) is 0 Å². The van der Waals surface area contributed by atoms with Gasteiger partial charge in [0.15, 0.2) is 0 Å². The van der Waals surface area contributed by atoms with Crippen LogP contribution in [-0.2, 0) is 0 Å². The standard InChI is InChI=1S/C22H23Cl2N3O2.ClH/c23-16-7-8-20(19(24)15-16)26-13-11-25(12-14-26)9-3-4-10-27-21(28)17-5-1-2-6-18(17)22(27)29;/h1-2,5-8,15H,3-4,9-14H2;1H. The van der Waals surface area contributed by atoms with E-state index in [-0.39, 0.29) is 24.2 Å². The fraction of sp³-hybridized carbons (Fsp3) is 0.364. The molecule has 2 amide bonds. The van der Waals surface area contributed by atoms with Gasteiger partial charge < -0.3 is 4.90 Å². The summed E-state index contributed by atoms with van der Waals surface area (Å²) in [7, 11) is 0. The second-order valence-corrected chi connectivity index (χ2v) is 8.28. The van der Waals surface area contributed by atoms with E-state index in [0.717, 1.165) is 51.3 Å². The molecule has 0 radical (unpaired) electrons. The van der Waals surface area contributed by atoms with Gasteiger partial charge in [0.1, 0.15) is 0 Å². The normalized spacial score (nSPS) is 16.6. The number of unbranched alkanes of at least 4 members (excludes halogenated alkanes) is 1. The minimum absolute atomic E-state index is 0. The first kappa shape index (κ1) is 22.9. The summed E-state index contributed by atoms with van der Waals surface area (Å²) in [6.07, 6.45) is 1.77. The molecule has 0 saturated carbocycles. The second kappa shape index (κ2) is 10.0. The average Bonchev–Trinajstić information content (AvgIpc) is 2.97. The largest absolute Gasteiger partial charge is 0.368 e. The van der Waals surface area contributed by atoms with Crippen molar-refractivity contribution in [1.29, 1.82) is 0 Å². The number of carbonyl (C=O) groups is 2. The van der Waals surface area contributed by atoms with Gasteiger partial charge in [0.2, 0.25) is 0 Å². The van der Waals surface area contributed by atoms with Gasteiger partial charge in [0.05, 0.1) is 21.8 Å². The lowest BCUT2D eigenvalue weighted by molar-refractivity contribution is 0.0650. The van der Waals surface area contributed by atoms with Crippen molar-refractivity contribution in [2.24, 2.45) is 0 Å². The van der Waals surface area contributed by atoms with Gasteiger partial charge >= 0.3 is 0 Å². The zero-order valence-corrected chi connectivity index (χ0v) is 18.8. The second-order valence-electron chi connectivity index (χ2n) is 7.44. The number of carbonyl (C=O) groups excluding carboxylic acids is 2. The summed E-state index contributed by atoms with van der Waals surface area (Å²) in [5.41, 5.74) is 2.07. The quantitative estimate of drug-likeness (QED) is 0.458. The number of hydrogen-bond acceptors (Lipinski definition) is 4. The van der Waals surface area contributed by atoms with Crippen molar-refractivity contribution in [3.05, 3.63) is 63.6 Å². The van der Waals surface area contributed by atoms with E-state index in [1.807, 2.05) is 12.1 Å². The summed E-state index contributed by atoms with van der Waals surface area (Å²) in [6.45, 7) is 5.20. The fourth-order valence-electron chi connectivity index (χ4n) is 4.00. The molecule has 160 valence electrons. The predicted molar refractivity (Wildman–Crippen MR) is 123 cm³/mol. The van der Waals surface area contributed by atoms with Crippen LogP contribution in [0.4, 0.5) is 5.69 Å². The van der Waals surface area contributed by atoms with Gasteiger partial charge in [0, 0.05) is 37.7 Å². The minimum atomic E-state index is -0.168. The number of anilines is 1. The van der Waals surface area contributed by atoms with E-state index in [1.165, 1.54) is 4.90 Å². The smallest absolute Gasteiger partial charge is 0.261 e. The van der Waals surface area contributed by atoms with E-state index in [9.17, 15) is 9.59 Å². The lowest BCUT2D eigenvalue weighted by Gasteiger charge is -2.36. The Morgan fingerprint density at radius 3 is 2.00 bits per heavy atom. The lowest BCUT2D eigenvalue weighted by atomic mass is 10.1. The van der Waals surface area contributed by atoms with Gasteiger partial charge in [-0.25, -0.2) is 0 Å². The third-order valence-corrected chi connectivity index (χ3v) is 6.14. The molecule has 2 aliphatic rings. The molecule has 0 N–H and O–H groups in total. The van der Waals surface area contributed by atoms with Gasteiger partial charge in [-0.05, 0) is 49.7 Å². The number of imide groups is 1. The highest BCUT2D eigenvalue weighted by molar-refractivity contribution is 6.36. The number of piperazine rings is 1. The van der Waals surface area contributed by atoms with Crippen LogP contribution >= 0.6 is 35.6 Å². The number of hydrogen-bond donors (Lipinski definition) is 0. The number of halogens is 3. The molecule has 0 spiro atoms. The average molecular weight is 469 g/mol. The molecule has 2 aliphatic heterocycles. The fourth-order valence-corrected chi connectivity index (χ4v) is 4.53. The van der Waals surface area contributed by atoms with Crippen molar-refractivity contribution >= 4 is 53.1 Å². The monoisotopic (exact) mass is 467 g/mol. The molecule has 2 aromatic carbocycles. The molecule has 30 heavy (non-hydrogen) atoms. The molecule has 0 aliphatic carbocycles. The Hall–Kier alpha value is -1.79. The summed E-state index contributed by atoms with van der Waals surface area (Å²) in [5.74, 6) is -0.335. The predicted octanol–water partition coefficient (Wildman–Crippen LogP) is 4.61. The summed E-state index contributed by atoms with van der Waals surface area (Å²) >= 11 is 12.3. The van der Waals surface area contributed by atoms with E-state index in [0.29, 0.717) is 27.7 Å². The topological polar surface area (TPSA) is 43.9 Å². The highest BCUT2D eigenvalue weighted by atomic mass is 35.5. The molecule has 0 atom stereocenters. The van der Waals surface area contributed by atoms with Crippen LogP contribution in [0.1, 0.15) is 33.6 Å². The summed E-state index contributed by atoms with van der Waals surface area (Å²) in [6, 6.07) is 12.7. The van der Waals surface area contributed by atoms with Crippen LogP contribution in [0.5, 0.6) is 0 Å². The SMILES string of the molecule is Cl.O=C1c2ccccc2C(=O)N1CCCCN1CCN(c2ccc(Cl)cc2Cl)CC1. The maximum absolute atomic E-state index is 12.4. The van der Waals surface area contributed by atoms with Crippen LogP contribution in [-0.4, -0.2) is 60.9 Å². The summed E-state index contributed by atoms with van der Waals surface area (Å²) in [5, 5.41) is 1.34. The van der Waals surface area contributed by atoms with Crippen LogP contribution < -0.4 is 4.90 Å². The lowest BCUT2D eigenvalue weighted by Crippen LogP contribution is -2.46. The molecule has 0 unspecified atom stereocenters. The van der Waals surface area contributed by atoms with E-state index in [1.54, 1.807) is 30.3 Å². The molecule has 4 rings (SSSR count). The number of nitrogens with zero attached hydrogens (tertiary/aromatic N) is 3. The Bertz CT molecular complexity index is 895. The van der Waals surface area contributed by atoms with Crippen molar-refractivity contribution in [2.45, 2.75) is 12.8 Å². The number of fused-ring (bicyclic) bond motifs is 1. The highest BCUT2D eigenvalue weighted by Crippen LogP contribution is 2.29. The third-order valence-electron chi connectivity index (χ3n) is 5.61. The van der Waals surface area contributed by atoms with Gasteiger partial charge in [-0.15, -0.1) is 12.4 Å². The van der Waals surface area contributed by atoms with Gasteiger partial charge in [-0.2, -0.15) is 0 Å². The Morgan fingerprint density at radius 1 is 0.800 bits per heavy atom. The van der Waals surface area contributed by atoms with Crippen LogP contribution in [0.2, 0.25) is 10.0 Å². The Labute approximate surface area is 192 Å². The van der Waals surface area contributed by atoms with Gasteiger partial charge in [0.25, 0.3) is 11.8 Å². The van der Waals surface area contributed by atoms with Crippen molar-refractivity contribution in [3.8, 4) is 0 Å². The summed E-state index contributed by atoms with van der Waals surface area (Å²) in [4.78, 5) is 30.9. The maximum atomic E-state index is 12.4. The zero-order chi connectivity index (χ0) is 20.4. The number of benzene rings is 2. The van der Waals surface area contributed by atoms with Crippen molar-refractivity contribution in [1.82, 2.24) is 9.80 Å². The first-order chi connectivity index (χ1) is 14.0. The van der Waals surface area contributed by atoms with Crippen LogP contribution in [0.15, 0.2) is 42.5 Å². The summed E-state index contributed by atoms with van der Waals surface area (Å²) < 4.78 is 0. The Kier molecular flexibility index (Phi) is 7.64. The minimum Gasteiger partial charge on any atom is -0.368 e. The Morgan fingerprint density at radius 2 is 1.40 bits per heavy atom. The van der Waals surface area contributed by atoms with E-state index in [2.05, 4.69) is 9.80 Å². The van der Waals surface area contributed by atoms with E-state index < -0.39 is 0 Å². The Balaban J connectivity index is 0.00000256. The molecule has 5 nitrogen and oxygen atoms in total. The molecule has 0 bridgehead atoms. The van der Waals surface area contributed by atoms with Crippen LogP contribution in [0.3, 0.4) is 0 Å². The van der Waals surface area contributed by atoms with Gasteiger partial charge in [-0.1, -0.05) is 35.3 Å². The van der Waals surface area contributed by atoms with E-state index in [4.69, 9.17) is 23.2 Å².